The Kier molecular flexibility index (Phi) is 5.81. The van der Waals surface area contributed by atoms with Crippen LogP contribution in [-0.2, 0) is 17.6 Å². The third-order valence-electron chi connectivity index (χ3n) is 7.31. The number of benzene rings is 2. The first-order chi connectivity index (χ1) is 19.6. The Morgan fingerprint density at radius 2 is 1.88 bits per heavy atom. The molecule has 7 rings (SSSR count). The summed E-state index contributed by atoms with van der Waals surface area (Å²) >= 11 is 0. The molecule has 4 heterocycles. The summed E-state index contributed by atoms with van der Waals surface area (Å²) in [5.41, 5.74) is 12.7. The second-order valence-corrected chi connectivity index (χ2v) is 9.87. The molecule has 0 unspecified atom stereocenters. The lowest BCUT2D eigenvalue weighted by Gasteiger charge is -2.16. The van der Waals surface area contributed by atoms with Crippen molar-refractivity contribution in [2.45, 2.75) is 25.3 Å². The first kappa shape index (κ1) is 23.8. The quantitative estimate of drug-likeness (QED) is 0.328. The lowest BCUT2D eigenvalue weighted by molar-refractivity contribution is -0.121. The number of amides is 1. The SMILES string of the molecule is Nc1ncccc1-c1nc2ccc(-n3cccn3)nc2n1-c1ccc2c(c1)CC[C@@H]2NC(=O)Cc1ccccc1. The summed E-state index contributed by atoms with van der Waals surface area (Å²) in [5.74, 6) is 1.77. The van der Waals surface area contributed by atoms with E-state index in [9.17, 15) is 4.79 Å². The van der Waals surface area contributed by atoms with Crippen molar-refractivity contribution in [2.75, 3.05) is 5.73 Å². The molecule has 6 aromatic rings. The van der Waals surface area contributed by atoms with Gasteiger partial charge in [0.25, 0.3) is 0 Å². The van der Waals surface area contributed by atoms with E-state index in [1.54, 1.807) is 17.1 Å². The molecule has 9 nitrogen and oxygen atoms in total. The van der Waals surface area contributed by atoms with Crippen molar-refractivity contribution >= 4 is 22.9 Å². The van der Waals surface area contributed by atoms with Crippen LogP contribution in [0.2, 0.25) is 0 Å². The average Bonchev–Trinajstić information content (AvgIpc) is 3.72. The van der Waals surface area contributed by atoms with Crippen molar-refractivity contribution < 1.29 is 4.79 Å². The predicted molar refractivity (Wildman–Crippen MR) is 153 cm³/mol. The van der Waals surface area contributed by atoms with Crippen LogP contribution in [0.25, 0.3) is 34.1 Å². The Labute approximate surface area is 230 Å². The Hall–Kier alpha value is -5.31. The number of pyridine rings is 2. The zero-order chi connectivity index (χ0) is 27.1. The second-order valence-electron chi connectivity index (χ2n) is 9.87. The fourth-order valence-corrected chi connectivity index (χ4v) is 5.43. The average molecular weight is 527 g/mol. The standard InChI is InChI=1S/C31H26N8O/c32-29-24(8-4-15-33-29)30-36-26-13-14-27(38-17-5-16-34-38)37-31(26)39(30)22-10-11-23-21(19-22)9-12-25(23)35-28(40)18-20-6-2-1-3-7-20/h1-8,10-11,13-17,19,25H,9,12,18H2,(H2,32,33)(H,35,40)/t25-/m0/s1. The molecule has 2 aromatic carbocycles. The number of hydrogen-bond donors (Lipinski definition) is 2. The molecule has 0 radical (unpaired) electrons. The molecule has 9 heteroatoms. The van der Waals surface area contributed by atoms with E-state index in [4.69, 9.17) is 15.7 Å². The first-order valence-corrected chi connectivity index (χ1v) is 13.2. The minimum Gasteiger partial charge on any atom is -0.383 e. The molecule has 196 valence electrons. The van der Waals surface area contributed by atoms with Crippen LogP contribution in [0.5, 0.6) is 0 Å². The van der Waals surface area contributed by atoms with Crippen LogP contribution in [0.4, 0.5) is 5.82 Å². The van der Waals surface area contributed by atoms with Gasteiger partial charge in [0.05, 0.1) is 18.0 Å². The van der Waals surface area contributed by atoms with Gasteiger partial charge in [-0.25, -0.2) is 19.6 Å². The number of nitrogens with two attached hydrogens (primary N) is 1. The van der Waals surface area contributed by atoms with E-state index < -0.39 is 0 Å². The Morgan fingerprint density at radius 1 is 0.975 bits per heavy atom. The van der Waals surface area contributed by atoms with E-state index in [1.807, 2.05) is 71.4 Å². The predicted octanol–water partition coefficient (Wildman–Crippen LogP) is 4.60. The molecule has 0 saturated carbocycles. The van der Waals surface area contributed by atoms with Gasteiger partial charge in [-0.05, 0) is 72.0 Å². The Balaban J connectivity index is 1.28. The Morgan fingerprint density at radius 3 is 2.70 bits per heavy atom. The molecule has 40 heavy (non-hydrogen) atoms. The second kappa shape index (κ2) is 9.77. The van der Waals surface area contributed by atoms with E-state index in [0.29, 0.717) is 29.5 Å². The molecule has 0 saturated heterocycles. The summed E-state index contributed by atoms with van der Waals surface area (Å²) in [6, 6.07) is 25.6. The highest BCUT2D eigenvalue weighted by molar-refractivity contribution is 5.83. The molecular formula is C31H26N8O. The van der Waals surface area contributed by atoms with Crippen molar-refractivity contribution in [3.05, 3.63) is 114 Å². The number of hydrogen-bond acceptors (Lipinski definition) is 6. The van der Waals surface area contributed by atoms with Crippen molar-refractivity contribution in [3.8, 4) is 22.9 Å². The molecule has 1 aliphatic rings. The third-order valence-corrected chi connectivity index (χ3v) is 7.31. The van der Waals surface area contributed by atoms with Gasteiger partial charge in [0, 0.05) is 24.3 Å². The van der Waals surface area contributed by atoms with Crippen molar-refractivity contribution in [1.82, 2.24) is 34.6 Å². The number of anilines is 1. The van der Waals surface area contributed by atoms with Crippen LogP contribution in [0.1, 0.15) is 29.2 Å². The fraction of sp³-hybridized carbons (Fsp3) is 0.129. The lowest BCUT2D eigenvalue weighted by atomic mass is 10.1. The highest BCUT2D eigenvalue weighted by Gasteiger charge is 2.26. The van der Waals surface area contributed by atoms with E-state index in [2.05, 4.69) is 33.6 Å². The van der Waals surface area contributed by atoms with Gasteiger partial charge in [0.2, 0.25) is 5.91 Å². The minimum absolute atomic E-state index is 0.0159. The molecule has 1 atom stereocenters. The van der Waals surface area contributed by atoms with E-state index in [-0.39, 0.29) is 11.9 Å². The smallest absolute Gasteiger partial charge is 0.224 e. The summed E-state index contributed by atoms with van der Waals surface area (Å²) in [6.07, 6.45) is 7.33. The van der Waals surface area contributed by atoms with Gasteiger partial charge >= 0.3 is 0 Å². The first-order valence-electron chi connectivity index (χ1n) is 13.2. The van der Waals surface area contributed by atoms with Gasteiger partial charge in [-0.1, -0.05) is 36.4 Å². The van der Waals surface area contributed by atoms with E-state index in [0.717, 1.165) is 40.7 Å². The summed E-state index contributed by atoms with van der Waals surface area (Å²) in [4.78, 5) is 26.9. The number of aryl methyl sites for hydroxylation is 1. The van der Waals surface area contributed by atoms with Crippen LogP contribution in [0, 0.1) is 0 Å². The van der Waals surface area contributed by atoms with Gasteiger partial charge in [0.1, 0.15) is 11.3 Å². The maximum absolute atomic E-state index is 12.8. The van der Waals surface area contributed by atoms with Crippen molar-refractivity contribution in [2.24, 2.45) is 0 Å². The summed E-state index contributed by atoms with van der Waals surface area (Å²) < 4.78 is 3.75. The number of fused-ring (bicyclic) bond motifs is 2. The number of rotatable bonds is 6. The monoisotopic (exact) mass is 526 g/mol. The van der Waals surface area contributed by atoms with Gasteiger partial charge in [0.15, 0.2) is 17.3 Å². The summed E-state index contributed by atoms with van der Waals surface area (Å²) in [7, 11) is 0. The third kappa shape index (κ3) is 4.27. The molecule has 0 fully saturated rings. The summed E-state index contributed by atoms with van der Waals surface area (Å²) in [6.45, 7) is 0. The Bertz CT molecular complexity index is 1840. The molecule has 4 aromatic heterocycles. The van der Waals surface area contributed by atoms with Crippen LogP contribution in [0.3, 0.4) is 0 Å². The molecule has 3 N–H and O–H groups in total. The topological polar surface area (TPSA) is 117 Å². The molecule has 0 aliphatic heterocycles. The van der Waals surface area contributed by atoms with Gasteiger partial charge in [-0.2, -0.15) is 5.10 Å². The number of carbonyl (C=O) groups excluding carboxylic acids is 1. The normalized spacial score (nSPS) is 14.3. The molecule has 1 amide bonds. The molecule has 0 spiro atoms. The van der Waals surface area contributed by atoms with Gasteiger partial charge in [-0.3, -0.25) is 9.36 Å². The van der Waals surface area contributed by atoms with Gasteiger partial charge in [-0.15, -0.1) is 0 Å². The minimum atomic E-state index is -0.0159. The van der Waals surface area contributed by atoms with Crippen LogP contribution in [0.15, 0.2) is 97.5 Å². The number of nitrogens with zero attached hydrogens (tertiary/aromatic N) is 6. The highest BCUT2D eigenvalue weighted by atomic mass is 16.1. The highest BCUT2D eigenvalue weighted by Crippen LogP contribution is 2.36. The molecular weight excluding hydrogens is 500 g/mol. The van der Waals surface area contributed by atoms with Crippen LogP contribution < -0.4 is 11.1 Å². The van der Waals surface area contributed by atoms with Crippen LogP contribution >= 0.6 is 0 Å². The zero-order valence-electron chi connectivity index (χ0n) is 21.6. The maximum Gasteiger partial charge on any atom is 0.224 e. The lowest BCUT2D eigenvalue weighted by Crippen LogP contribution is -2.28. The largest absolute Gasteiger partial charge is 0.383 e. The van der Waals surface area contributed by atoms with E-state index in [1.165, 1.54) is 5.56 Å². The van der Waals surface area contributed by atoms with E-state index >= 15 is 0 Å². The number of nitrogen functional groups attached to an aromatic ring is 1. The van der Waals surface area contributed by atoms with Crippen molar-refractivity contribution in [1.29, 1.82) is 0 Å². The maximum atomic E-state index is 12.8. The van der Waals surface area contributed by atoms with Crippen molar-refractivity contribution in [3.63, 3.8) is 0 Å². The fourth-order valence-electron chi connectivity index (χ4n) is 5.43. The number of nitrogens with one attached hydrogen (secondary N) is 1. The summed E-state index contributed by atoms with van der Waals surface area (Å²) in [5, 5.41) is 7.57. The number of imidazole rings is 1. The molecule has 0 bridgehead atoms. The van der Waals surface area contributed by atoms with Gasteiger partial charge < -0.3 is 11.1 Å². The molecule has 1 aliphatic carbocycles. The van der Waals surface area contributed by atoms with Crippen LogP contribution in [-0.4, -0.2) is 35.2 Å². The zero-order valence-corrected chi connectivity index (χ0v) is 21.6. The number of aromatic nitrogens is 6. The number of carbonyl (C=O) groups is 1.